The van der Waals surface area contributed by atoms with Gasteiger partial charge in [0.25, 0.3) is 0 Å². The number of allylic oxidation sites excluding steroid dienone is 2. The number of benzene rings is 1. The van der Waals surface area contributed by atoms with Gasteiger partial charge in [-0.05, 0) is 49.8 Å². The Morgan fingerprint density at radius 1 is 1.25 bits per heavy atom. The Morgan fingerprint density at radius 3 is 2.90 bits per heavy atom. The number of carbonyl (C=O) groups excluding carboxylic acids is 1. The van der Waals surface area contributed by atoms with Gasteiger partial charge in [0.2, 0.25) is 5.91 Å². The standard InChI is InChI=1S/C17H20FNO/c18-15-9-4-8-14(12-15)16-10-5-11-19(16)17(20)13-6-2-1-3-7-13/h1-2,4,8-9,12-13,16H,3,5-7,10-11H2/t13-,16+/m1/s1. The summed E-state index contributed by atoms with van der Waals surface area (Å²) in [7, 11) is 0. The number of nitrogens with zero attached hydrogens (tertiary/aromatic N) is 1. The molecule has 1 aromatic rings. The van der Waals surface area contributed by atoms with E-state index in [1.165, 1.54) is 6.07 Å². The molecular weight excluding hydrogens is 253 g/mol. The summed E-state index contributed by atoms with van der Waals surface area (Å²) in [5.74, 6) is 0.151. The molecule has 1 aromatic carbocycles. The van der Waals surface area contributed by atoms with Crippen LogP contribution in [-0.2, 0) is 4.79 Å². The van der Waals surface area contributed by atoms with E-state index in [1.807, 2.05) is 11.0 Å². The van der Waals surface area contributed by atoms with Gasteiger partial charge < -0.3 is 4.90 Å². The molecule has 3 rings (SSSR count). The van der Waals surface area contributed by atoms with E-state index in [2.05, 4.69) is 12.2 Å². The van der Waals surface area contributed by atoms with Crippen molar-refractivity contribution in [1.82, 2.24) is 4.90 Å². The molecule has 0 N–H and O–H groups in total. The molecule has 2 atom stereocenters. The molecule has 0 saturated carbocycles. The van der Waals surface area contributed by atoms with Crippen molar-refractivity contribution in [2.75, 3.05) is 6.54 Å². The predicted molar refractivity (Wildman–Crippen MR) is 76.6 cm³/mol. The molecule has 0 radical (unpaired) electrons. The second-order valence-electron chi connectivity index (χ2n) is 5.73. The van der Waals surface area contributed by atoms with Crippen LogP contribution in [-0.4, -0.2) is 17.4 Å². The average Bonchev–Trinajstić information content (AvgIpc) is 2.97. The van der Waals surface area contributed by atoms with E-state index in [4.69, 9.17) is 0 Å². The van der Waals surface area contributed by atoms with Crippen molar-refractivity contribution in [3.63, 3.8) is 0 Å². The van der Waals surface area contributed by atoms with E-state index in [-0.39, 0.29) is 23.7 Å². The summed E-state index contributed by atoms with van der Waals surface area (Å²) in [4.78, 5) is 14.6. The highest BCUT2D eigenvalue weighted by Gasteiger charge is 2.33. The largest absolute Gasteiger partial charge is 0.335 e. The lowest BCUT2D eigenvalue weighted by atomic mass is 9.92. The van der Waals surface area contributed by atoms with Crippen LogP contribution in [0.4, 0.5) is 4.39 Å². The molecule has 3 heteroatoms. The molecule has 2 aliphatic rings. The minimum atomic E-state index is -0.220. The van der Waals surface area contributed by atoms with E-state index in [0.29, 0.717) is 0 Å². The minimum absolute atomic E-state index is 0.0594. The van der Waals surface area contributed by atoms with Crippen molar-refractivity contribution < 1.29 is 9.18 Å². The first-order chi connectivity index (χ1) is 9.75. The van der Waals surface area contributed by atoms with Gasteiger partial charge in [0.15, 0.2) is 0 Å². The number of hydrogen-bond donors (Lipinski definition) is 0. The molecular formula is C17H20FNO. The van der Waals surface area contributed by atoms with Crippen LogP contribution in [0.15, 0.2) is 36.4 Å². The van der Waals surface area contributed by atoms with Gasteiger partial charge in [-0.2, -0.15) is 0 Å². The zero-order valence-electron chi connectivity index (χ0n) is 11.6. The maximum Gasteiger partial charge on any atom is 0.226 e. The fraction of sp³-hybridized carbons (Fsp3) is 0.471. The molecule has 106 valence electrons. The topological polar surface area (TPSA) is 20.3 Å². The van der Waals surface area contributed by atoms with Gasteiger partial charge >= 0.3 is 0 Å². The van der Waals surface area contributed by atoms with E-state index in [0.717, 1.165) is 44.2 Å². The van der Waals surface area contributed by atoms with E-state index in [1.54, 1.807) is 12.1 Å². The quantitative estimate of drug-likeness (QED) is 0.750. The first kappa shape index (κ1) is 13.3. The third-order valence-electron chi connectivity index (χ3n) is 4.39. The van der Waals surface area contributed by atoms with Crippen molar-refractivity contribution >= 4 is 5.91 Å². The number of likely N-dealkylation sites (tertiary alicyclic amines) is 1. The van der Waals surface area contributed by atoms with Crippen molar-refractivity contribution in [2.45, 2.75) is 38.1 Å². The predicted octanol–water partition coefficient (Wildman–Crippen LogP) is 3.85. The summed E-state index contributed by atoms with van der Waals surface area (Å²) in [6.45, 7) is 0.806. The second kappa shape index (κ2) is 5.78. The van der Waals surface area contributed by atoms with Crippen LogP contribution in [0, 0.1) is 11.7 Å². The first-order valence-electron chi connectivity index (χ1n) is 7.46. The Labute approximate surface area is 119 Å². The number of halogens is 1. The summed E-state index contributed by atoms with van der Waals surface area (Å²) >= 11 is 0. The lowest BCUT2D eigenvalue weighted by Crippen LogP contribution is -2.36. The fourth-order valence-electron chi connectivity index (χ4n) is 3.34. The van der Waals surface area contributed by atoms with Crippen LogP contribution in [0.1, 0.15) is 43.7 Å². The zero-order valence-corrected chi connectivity index (χ0v) is 11.6. The highest BCUT2D eigenvalue weighted by molar-refractivity contribution is 5.80. The highest BCUT2D eigenvalue weighted by atomic mass is 19.1. The average molecular weight is 273 g/mol. The summed E-state index contributed by atoms with van der Waals surface area (Å²) in [6.07, 6.45) is 9.01. The van der Waals surface area contributed by atoms with E-state index >= 15 is 0 Å². The van der Waals surface area contributed by atoms with Crippen molar-refractivity contribution in [1.29, 1.82) is 0 Å². The molecule has 1 aliphatic heterocycles. The SMILES string of the molecule is O=C([C@@H]1CC=CCC1)N1CCC[C@H]1c1cccc(F)c1. The van der Waals surface area contributed by atoms with Gasteiger partial charge in [-0.15, -0.1) is 0 Å². The number of carbonyl (C=O) groups is 1. The molecule has 0 unspecified atom stereocenters. The number of amides is 1. The molecule has 1 amide bonds. The lowest BCUT2D eigenvalue weighted by Gasteiger charge is -2.29. The van der Waals surface area contributed by atoms with Gasteiger partial charge in [0, 0.05) is 12.5 Å². The van der Waals surface area contributed by atoms with Crippen LogP contribution < -0.4 is 0 Å². The van der Waals surface area contributed by atoms with E-state index in [9.17, 15) is 9.18 Å². The molecule has 0 spiro atoms. The van der Waals surface area contributed by atoms with Crippen LogP contribution >= 0.6 is 0 Å². The zero-order chi connectivity index (χ0) is 13.9. The maximum absolute atomic E-state index is 13.4. The lowest BCUT2D eigenvalue weighted by molar-refractivity contribution is -0.136. The third kappa shape index (κ3) is 2.62. The molecule has 1 aliphatic carbocycles. The minimum Gasteiger partial charge on any atom is -0.335 e. The maximum atomic E-state index is 13.4. The number of rotatable bonds is 2. The Bertz CT molecular complexity index is 525. The Morgan fingerprint density at radius 2 is 2.15 bits per heavy atom. The first-order valence-corrected chi connectivity index (χ1v) is 7.46. The summed E-state index contributed by atoms with van der Waals surface area (Å²) in [5.41, 5.74) is 0.933. The number of hydrogen-bond acceptors (Lipinski definition) is 1. The summed E-state index contributed by atoms with van der Waals surface area (Å²) in [5, 5.41) is 0. The third-order valence-corrected chi connectivity index (χ3v) is 4.39. The molecule has 1 fully saturated rings. The van der Waals surface area contributed by atoms with Crippen LogP contribution in [0.2, 0.25) is 0 Å². The molecule has 1 heterocycles. The Balaban J connectivity index is 1.78. The second-order valence-corrected chi connectivity index (χ2v) is 5.73. The fourth-order valence-corrected chi connectivity index (χ4v) is 3.34. The van der Waals surface area contributed by atoms with Gasteiger partial charge in [-0.1, -0.05) is 24.3 Å². The molecule has 1 saturated heterocycles. The normalized spacial score (nSPS) is 25.9. The van der Waals surface area contributed by atoms with Crippen molar-refractivity contribution in [3.05, 3.63) is 47.8 Å². The Hall–Kier alpha value is -1.64. The van der Waals surface area contributed by atoms with Crippen LogP contribution in [0.25, 0.3) is 0 Å². The molecule has 0 bridgehead atoms. The highest BCUT2D eigenvalue weighted by Crippen LogP contribution is 2.35. The summed E-state index contributed by atoms with van der Waals surface area (Å²) < 4.78 is 13.4. The molecule has 20 heavy (non-hydrogen) atoms. The van der Waals surface area contributed by atoms with Gasteiger partial charge in [-0.25, -0.2) is 4.39 Å². The molecule has 2 nitrogen and oxygen atoms in total. The Kier molecular flexibility index (Phi) is 3.86. The van der Waals surface area contributed by atoms with Crippen molar-refractivity contribution in [3.8, 4) is 0 Å². The smallest absolute Gasteiger partial charge is 0.226 e. The van der Waals surface area contributed by atoms with Gasteiger partial charge in [0.1, 0.15) is 5.82 Å². The molecule has 0 aromatic heterocycles. The monoisotopic (exact) mass is 273 g/mol. The van der Waals surface area contributed by atoms with Gasteiger partial charge in [0.05, 0.1) is 6.04 Å². The van der Waals surface area contributed by atoms with Crippen molar-refractivity contribution in [2.24, 2.45) is 5.92 Å². The van der Waals surface area contributed by atoms with Gasteiger partial charge in [-0.3, -0.25) is 4.79 Å². The van der Waals surface area contributed by atoms with Crippen LogP contribution in [0.3, 0.4) is 0 Å². The summed E-state index contributed by atoms with van der Waals surface area (Å²) in [6, 6.07) is 6.74. The van der Waals surface area contributed by atoms with E-state index < -0.39 is 0 Å². The van der Waals surface area contributed by atoms with Crippen LogP contribution in [0.5, 0.6) is 0 Å².